The van der Waals surface area contributed by atoms with Crippen molar-refractivity contribution < 1.29 is 45.0 Å². The van der Waals surface area contributed by atoms with Gasteiger partial charge in [-0.25, -0.2) is 40.0 Å². The Morgan fingerprint density at radius 2 is 1.45 bits per heavy atom. The lowest BCUT2D eigenvalue weighted by Crippen LogP contribution is -2.56. The Hall–Kier alpha value is -5.80. The van der Waals surface area contributed by atoms with E-state index < -0.39 is 85.9 Å². The summed E-state index contributed by atoms with van der Waals surface area (Å²) >= 11 is 1.11. The van der Waals surface area contributed by atoms with Crippen molar-refractivity contribution in [1.82, 2.24) is 25.1 Å². The molecule has 4 atom stereocenters. The Morgan fingerprint density at radius 1 is 0.844 bits per heavy atom. The molecule has 64 heavy (non-hydrogen) atoms. The normalized spacial score (nSPS) is 14.0. The van der Waals surface area contributed by atoms with Crippen LogP contribution in [0.2, 0.25) is 0 Å². The molecule has 5 rings (SSSR count). The van der Waals surface area contributed by atoms with Crippen molar-refractivity contribution in [3.8, 4) is 5.75 Å². The van der Waals surface area contributed by atoms with Gasteiger partial charge in [-0.05, 0) is 91.6 Å². The number of sulfonamides is 2. The molecule has 4 aromatic carbocycles. The molecule has 342 valence electrons. The maximum atomic E-state index is 14.4. The van der Waals surface area contributed by atoms with E-state index in [-0.39, 0.29) is 41.3 Å². The number of halogens is 2. The molecule has 0 aliphatic carbocycles. The number of aryl methyl sites for hydroxylation is 1. The summed E-state index contributed by atoms with van der Waals surface area (Å²) in [7, 11) is -6.82. The average molecular weight is 940 g/mol. The molecule has 0 spiro atoms. The Kier molecular flexibility index (Phi) is 17.1. The number of hydrogen-bond donors (Lipinski definition) is 6. The van der Waals surface area contributed by atoms with Gasteiger partial charge >= 0.3 is 0 Å². The molecule has 2 amide bonds. The van der Waals surface area contributed by atoms with Gasteiger partial charge in [0.25, 0.3) is 10.0 Å². The molecule has 0 radical (unpaired) electrons. The summed E-state index contributed by atoms with van der Waals surface area (Å²) in [4.78, 5) is 36.8. The number of nitrogens with zero attached hydrogens (tertiary/aromatic N) is 2. The first-order valence-electron chi connectivity index (χ1n) is 20.0. The maximum absolute atomic E-state index is 14.4. The van der Waals surface area contributed by atoms with Crippen molar-refractivity contribution in [3.05, 3.63) is 147 Å². The minimum atomic E-state index is -4.16. The number of methoxy groups -OCH3 is 1. The molecule has 0 bridgehead atoms. The topological polar surface area (TPSA) is 231 Å². The first-order chi connectivity index (χ1) is 30.4. The maximum Gasteiger partial charge on any atom is 0.264 e. The highest BCUT2D eigenvalue weighted by Crippen LogP contribution is 2.30. The molecular formula is C44H51F2N7O8S3. The fourth-order valence-electron chi connectivity index (χ4n) is 7.06. The van der Waals surface area contributed by atoms with Gasteiger partial charge in [0.2, 0.25) is 27.8 Å². The number of nitrogens with one attached hydrogen (secondary N) is 4. The molecule has 1 heterocycles. The van der Waals surface area contributed by atoms with E-state index in [0.29, 0.717) is 39.6 Å². The van der Waals surface area contributed by atoms with E-state index in [1.165, 1.54) is 13.3 Å². The van der Waals surface area contributed by atoms with Crippen LogP contribution in [0.15, 0.2) is 106 Å². The first-order valence-corrected chi connectivity index (χ1v) is 24.1. The lowest BCUT2D eigenvalue weighted by molar-refractivity contribution is -0.130. The largest absolute Gasteiger partial charge is 0.496 e. The molecular weight excluding hydrogens is 889 g/mol. The van der Waals surface area contributed by atoms with Crippen molar-refractivity contribution >= 4 is 49.2 Å². The van der Waals surface area contributed by atoms with E-state index in [1.807, 2.05) is 0 Å². The van der Waals surface area contributed by atoms with E-state index in [0.717, 1.165) is 23.5 Å². The zero-order chi connectivity index (χ0) is 46.6. The number of carbonyl (C=O) groups excluding carboxylic acids is 2. The van der Waals surface area contributed by atoms with Gasteiger partial charge in [-0.2, -0.15) is 0 Å². The molecule has 1 aromatic heterocycles. The van der Waals surface area contributed by atoms with Gasteiger partial charge in [-0.3, -0.25) is 14.6 Å². The van der Waals surface area contributed by atoms with Crippen LogP contribution in [0.25, 0.3) is 0 Å². The highest BCUT2D eigenvalue weighted by atomic mass is 32.2. The molecule has 5 aromatic rings. The summed E-state index contributed by atoms with van der Waals surface area (Å²) in [6.45, 7) is 4.96. The van der Waals surface area contributed by atoms with E-state index >= 15 is 0 Å². The van der Waals surface area contributed by atoms with Crippen LogP contribution in [-0.2, 0) is 48.2 Å². The van der Waals surface area contributed by atoms with Crippen LogP contribution >= 0.6 is 11.3 Å². The molecule has 0 aliphatic rings. The predicted octanol–water partition coefficient (Wildman–Crippen LogP) is 4.41. The highest BCUT2D eigenvalue weighted by Gasteiger charge is 2.33. The summed E-state index contributed by atoms with van der Waals surface area (Å²) in [5.74, 6) is -3.96. The predicted molar refractivity (Wildman–Crippen MR) is 240 cm³/mol. The quantitative estimate of drug-likeness (QED) is 0.0345. The Balaban J connectivity index is 1.37. The summed E-state index contributed by atoms with van der Waals surface area (Å²) < 4.78 is 92.7. The molecule has 0 fully saturated rings. The van der Waals surface area contributed by atoms with Gasteiger partial charge in [-0.1, -0.05) is 60.7 Å². The van der Waals surface area contributed by atoms with Crippen LogP contribution in [0.5, 0.6) is 5.75 Å². The fourth-order valence-corrected chi connectivity index (χ4v) is 10.6. The van der Waals surface area contributed by atoms with Crippen LogP contribution in [0.1, 0.15) is 57.3 Å². The second kappa shape index (κ2) is 22.2. The van der Waals surface area contributed by atoms with E-state index in [2.05, 4.69) is 30.1 Å². The fraction of sp³-hybridized carbons (Fsp3) is 0.318. The van der Waals surface area contributed by atoms with E-state index in [9.17, 15) is 40.3 Å². The third-order valence-electron chi connectivity index (χ3n) is 10.2. The monoisotopic (exact) mass is 939 g/mol. The average Bonchev–Trinajstić information content (AvgIpc) is 3.78. The van der Waals surface area contributed by atoms with Crippen molar-refractivity contribution in [3.63, 3.8) is 0 Å². The number of aliphatic hydroxyl groups is 1. The van der Waals surface area contributed by atoms with Crippen molar-refractivity contribution in [2.75, 3.05) is 13.7 Å². The summed E-state index contributed by atoms with van der Waals surface area (Å²) in [6.07, 6.45) is -0.310. The summed E-state index contributed by atoms with van der Waals surface area (Å²) in [5.41, 5.74) is 8.63. The zero-order valence-electron chi connectivity index (χ0n) is 35.5. The number of carbonyl (C=O) groups is 2. The molecule has 0 saturated heterocycles. The number of rotatable bonds is 21. The summed E-state index contributed by atoms with van der Waals surface area (Å²) in [5, 5.41) is 18.7. The van der Waals surface area contributed by atoms with Crippen LogP contribution in [-0.4, -0.2) is 76.5 Å². The molecule has 0 aliphatic heterocycles. The van der Waals surface area contributed by atoms with Gasteiger partial charge in [0.05, 0.1) is 23.8 Å². The number of aromatic nitrogens is 1. The van der Waals surface area contributed by atoms with Crippen LogP contribution in [0, 0.1) is 32.4 Å². The Morgan fingerprint density at radius 3 is 2.06 bits per heavy atom. The number of nitrogens with two attached hydrogens (primary N) is 1. The minimum Gasteiger partial charge on any atom is -0.496 e. The van der Waals surface area contributed by atoms with Crippen LogP contribution < -0.4 is 30.5 Å². The number of ether oxygens (including phenoxy) is 1. The number of guanidine groups is 1. The molecule has 20 heteroatoms. The van der Waals surface area contributed by atoms with E-state index in [1.54, 1.807) is 92.9 Å². The molecule has 0 saturated carbocycles. The number of amides is 2. The van der Waals surface area contributed by atoms with E-state index in [4.69, 9.17) is 10.5 Å². The second-order valence-electron chi connectivity index (χ2n) is 15.1. The standard InChI is InChI=1S/C44H51F2N7O8S3/c1-27-20-38(61-4)28(2)29(3)40(27)64(59,60)53-44(47)49-17-11-16-35(39(54)43-48-18-19-62-43)50-41(55)36(24-32-21-33(45)25-34(46)22-32)51-42(56)37(23-30-12-7-5-8-13-30)52-63(57,58)26-31-14-9-6-10-15-31/h5-10,12-15,18-22,25,35-37,39,52,54H,11,16-17,23-24,26H2,1-4H3,(H,50,55)(H,51,56)(H3,47,49,53)/t35-,36-,37+,39?/m0/s1. The third kappa shape index (κ3) is 13.8. The third-order valence-corrected chi connectivity index (χ3v) is 14.0. The number of hydrogen-bond acceptors (Lipinski definition) is 11. The molecule has 1 unspecified atom stereocenters. The van der Waals surface area contributed by atoms with Crippen molar-refractivity contribution in [2.24, 2.45) is 10.7 Å². The first kappa shape index (κ1) is 49.2. The van der Waals surface area contributed by atoms with Gasteiger partial charge in [0.15, 0.2) is 0 Å². The number of benzene rings is 4. The second-order valence-corrected chi connectivity index (χ2v) is 19.4. The Labute approximate surface area is 375 Å². The number of aliphatic imine (C=N–C) groups is 1. The van der Waals surface area contributed by atoms with Gasteiger partial charge < -0.3 is 26.2 Å². The number of thiazole rings is 1. The Bertz CT molecular complexity index is 2620. The smallest absolute Gasteiger partial charge is 0.264 e. The van der Waals surface area contributed by atoms with Gasteiger partial charge in [0.1, 0.15) is 40.6 Å². The van der Waals surface area contributed by atoms with Crippen LogP contribution in [0.4, 0.5) is 8.78 Å². The van der Waals surface area contributed by atoms with Gasteiger partial charge in [-0.15, -0.1) is 11.3 Å². The lowest BCUT2D eigenvalue weighted by atomic mass is 10.0. The SMILES string of the molecule is COc1cc(C)c(S(=O)(=O)NC(N)=NCCC[C@H](NC(=O)[C@H](Cc2cc(F)cc(F)c2)NC(=O)[C@@H](Cc2ccccc2)NS(=O)(=O)Cc2ccccc2)C(O)c2nccs2)c(C)c1C. The lowest BCUT2D eigenvalue weighted by Gasteiger charge is -2.27. The van der Waals surface area contributed by atoms with Gasteiger partial charge in [0, 0.05) is 30.6 Å². The number of aliphatic hydroxyl groups excluding tert-OH is 1. The molecule has 7 N–H and O–H groups in total. The van der Waals surface area contributed by atoms with Crippen molar-refractivity contribution in [1.29, 1.82) is 0 Å². The van der Waals surface area contributed by atoms with Crippen LogP contribution in [0.3, 0.4) is 0 Å². The molecule has 15 nitrogen and oxygen atoms in total. The summed E-state index contributed by atoms with van der Waals surface area (Å²) in [6, 6.07) is 17.1. The highest BCUT2D eigenvalue weighted by molar-refractivity contribution is 7.90. The zero-order valence-corrected chi connectivity index (χ0v) is 38.0. The van der Waals surface area contributed by atoms with Crippen molar-refractivity contribution in [2.45, 2.75) is 81.3 Å². The minimum absolute atomic E-state index is 0.00157.